The fourth-order valence-corrected chi connectivity index (χ4v) is 1.73. The molecule has 2 rings (SSSR count). The molecule has 0 aliphatic carbocycles. The number of rotatable bonds is 3. The highest BCUT2D eigenvalue weighted by Crippen LogP contribution is 2.12. The molecule has 1 aliphatic rings. The van der Waals surface area contributed by atoms with Gasteiger partial charge in [0.2, 0.25) is 0 Å². The molecule has 4 heteroatoms. The number of ether oxygens (including phenoxy) is 2. The van der Waals surface area contributed by atoms with Crippen LogP contribution in [-0.2, 0) is 9.53 Å². The number of amides is 1. The second kappa shape index (κ2) is 5.68. The molecule has 0 bridgehead atoms. The summed E-state index contributed by atoms with van der Waals surface area (Å²) in [6.07, 6.45) is 0.899. The van der Waals surface area contributed by atoms with Crippen LogP contribution in [0.2, 0.25) is 0 Å². The highest BCUT2D eigenvalue weighted by molar-refractivity contribution is 5.77. The third-order valence-electron chi connectivity index (χ3n) is 2.67. The van der Waals surface area contributed by atoms with Gasteiger partial charge in [-0.25, -0.2) is 0 Å². The Labute approximate surface area is 101 Å². The average Bonchev–Trinajstić information content (AvgIpc) is 2.37. The average molecular weight is 235 g/mol. The predicted octanol–water partition coefficient (Wildman–Crippen LogP) is 1.58. The van der Waals surface area contributed by atoms with Crippen molar-refractivity contribution in [1.82, 2.24) is 4.90 Å². The summed E-state index contributed by atoms with van der Waals surface area (Å²) in [5.41, 5.74) is 1.12. The summed E-state index contributed by atoms with van der Waals surface area (Å²) in [4.78, 5) is 13.5. The summed E-state index contributed by atoms with van der Waals surface area (Å²) in [5.74, 6) is 0.711. The van der Waals surface area contributed by atoms with Crippen LogP contribution in [0.4, 0.5) is 0 Å². The first-order valence-electron chi connectivity index (χ1n) is 5.81. The molecule has 1 amide bonds. The first kappa shape index (κ1) is 11.9. The third-order valence-corrected chi connectivity index (χ3v) is 2.67. The standard InChI is InChI=1S/C13H17NO3/c1-11-4-2-5-12(8-11)17-9-13(15)14-6-3-7-16-10-14/h2,4-5,8H,3,6-7,9-10H2,1H3. The van der Waals surface area contributed by atoms with E-state index in [1.165, 1.54) is 0 Å². The van der Waals surface area contributed by atoms with E-state index in [4.69, 9.17) is 9.47 Å². The zero-order chi connectivity index (χ0) is 12.1. The van der Waals surface area contributed by atoms with Crippen LogP contribution in [0.5, 0.6) is 5.75 Å². The first-order valence-corrected chi connectivity index (χ1v) is 5.81. The number of nitrogens with zero attached hydrogens (tertiary/aromatic N) is 1. The van der Waals surface area contributed by atoms with Crippen molar-refractivity contribution in [2.45, 2.75) is 13.3 Å². The quantitative estimate of drug-likeness (QED) is 0.798. The lowest BCUT2D eigenvalue weighted by atomic mass is 10.2. The van der Waals surface area contributed by atoms with Crippen molar-refractivity contribution in [1.29, 1.82) is 0 Å². The Hall–Kier alpha value is -1.55. The third kappa shape index (κ3) is 3.46. The van der Waals surface area contributed by atoms with Gasteiger partial charge in [0.25, 0.3) is 5.91 Å². The number of benzene rings is 1. The van der Waals surface area contributed by atoms with Gasteiger partial charge in [0, 0.05) is 6.54 Å². The molecule has 0 spiro atoms. The molecule has 0 N–H and O–H groups in total. The Morgan fingerprint density at radius 1 is 1.53 bits per heavy atom. The fourth-order valence-electron chi connectivity index (χ4n) is 1.73. The lowest BCUT2D eigenvalue weighted by molar-refractivity contribution is -0.142. The summed E-state index contributed by atoms with van der Waals surface area (Å²) < 4.78 is 10.7. The molecule has 4 nitrogen and oxygen atoms in total. The van der Waals surface area contributed by atoms with E-state index in [1.807, 2.05) is 31.2 Å². The molecule has 0 radical (unpaired) electrons. The van der Waals surface area contributed by atoms with E-state index in [0.29, 0.717) is 6.73 Å². The molecule has 1 aromatic rings. The molecule has 1 heterocycles. The van der Waals surface area contributed by atoms with Gasteiger partial charge in [0.15, 0.2) is 6.61 Å². The maximum Gasteiger partial charge on any atom is 0.262 e. The number of carbonyl (C=O) groups is 1. The normalized spacial score (nSPS) is 15.7. The van der Waals surface area contributed by atoms with E-state index in [1.54, 1.807) is 4.90 Å². The summed E-state index contributed by atoms with van der Waals surface area (Å²) in [6.45, 7) is 3.95. The highest BCUT2D eigenvalue weighted by Gasteiger charge is 2.17. The van der Waals surface area contributed by atoms with Crippen LogP contribution in [0.25, 0.3) is 0 Å². The van der Waals surface area contributed by atoms with Crippen LogP contribution in [0.1, 0.15) is 12.0 Å². The Bertz CT molecular complexity index is 386. The van der Waals surface area contributed by atoms with Crippen LogP contribution in [0, 0.1) is 6.92 Å². The Kier molecular flexibility index (Phi) is 3.98. The summed E-state index contributed by atoms with van der Waals surface area (Å²) >= 11 is 0. The zero-order valence-electron chi connectivity index (χ0n) is 10.0. The summed E-state index contributed by atoms with van der Waals surface area (Å²) in [6, 6.07) is 7.68. The van der Waals surface area contributed by atoms with E-state index in [0.717, 1.165) is 30.9 Å². The minimum absolute atomic E-state index is 0.0220. The smallest absolute Gasteiger partial charge is 0.262 e. The van der Waals surface area contributed by atoms with Gasteiger partial charge < -0.3 is 14.4 Å². The Morgan fingerprint density at radius 3 is 3.12 bits per heavy atom. The second-order valence-corrected chi connectivity index (χ2v) is 4.15. The first-order chi connectivity index (χ1) is 8.25. The van der Waals surface area contributed by atoms with Gasteiger partial charge in [-0.15, -0.1) is 0 Å². The lowest BCUT2D eigenvalue weighted by Gasteiger charge is -2.26. The molecule has 92 valence electrons. The van der Waals surface area contributed by atoms with E-state index in [9.17, 15) is 4.79 Å². The molecule has 0 aromatic heterocycles. The molecule has 0 unspecified atom stereocenters. The number of hydrogen-bond acceptors (Lipinski definition) is 3. The van der Waals surface area contributed by atoms with Crippen molar-refractivity contribution in [2.75, 3.05) is 26.5 Å². The summed E-state index contributed by atoms with van der Waals surface area (Å²) in [7, 11) is 0. The van der Waals surface area contributed by atoms with Crippen molar-refractivity contribution >= 4 is 5.91 Å². The van der Waals surface area contributed by atoms with E-state index in [2.05, 4.69) is 0 Å². The predicted molar refractivity (Wildman–Crippen MR) is 63.8 cm³/mol. The molecular formula is C13H17NO3. The topological polar surface area (TPSA) is 38.8 Å². The SMILES string of the molecule is Cc1cccc(OCC(=O)N2CCCOC2)c1. The van der Waals surface area contributed by atoms with Crippen LogP contribution >= 0.6 is 0 Å². The Morgan fingerprint density at radius 2 is 2.41 bits per heavy atom. The monoisotopic (exact) mass is 235 g/mol. The molecule has 0 saturated carbocycles. The summed E-state index contributed by atoms with van der Waals surface area (Å²) in [5, 5.41) is 0. The molecule has 0 atom stereocenters. The van der Waals surface area contributed by atoms with Gasteiger partial charge in [-0.3, -0.25) is 4.79 Å². The highest BCUT2D eigenvalue weighted by atomic mass is 16.5. The Balaban J connectivity index is 1.83. The number of aryl methyl sites for hydroxylation is 1. The lowest BCUT2D eigenvalue weighted by Crippen LogP contribution is -2.40. The van der Waals surface area contributed by atoms with Gasteiger partial charge in [-0.05, 0) is 31.0 Å². The van der Waals surface area contributed by atoms with Crippen LogP contribution < -0.4 is 4.74 Å². The van der Waals surface area contributed by atoms with Gasteiger partial charge in [0.1, 0.15) is 12.5 Å². The molecular weight excluding hydrogens is 218 g/mol. The number of hydrogen-bond donors (Lipinski definition) is 0. The van der Waals surface area contributed by atoms with Gasteiger partial charge in [-0.1, -0.05) is 12.1 Å². The molecule has 1 aliphatic heterocycles. The van der Waals surface area contributed by atoms with Crippen LogP contribution in [0.3, 0.4) is 0 Å². The van der Waals surface area contributed by atoms with E-state index >= 15 is 0 Å². The van der Waals surface area contributed by atoms with Crippen LogP contribution in [-0.4, -0.2) is 37.3 Å². The van der Waals surface area contributed by atoms with E-state index in [-0.39, 0.29) is 12.5 Å². The largest absolute Gasteiger partial charge is 0.484 e. The van der Waals surface area contributed by atoms with Crippen molar-refractivity contribution in [3.05, 3.63) is 29.8 Å². The minimum Gasteiger partial charge on any atom is -0.484 e. The van der Waals surface area contributed by atoms with Gasteiger partial charge in [-0.2, -0.15) is 0 Å². The van der Waals surface area contributed by atoms with Crippen LogP contribution in [0.15, 0.2) is 24.3 Å². The van der Waals surface area contributed by atoms with Crippen molar-refractivity contribution in [3.63, 3.8) is 0 Å². The van der Waals surface area contributed by atoms with Crippen molar-refractivity contribution < 1.29 is 14.3 Å². The van der Waals surface area contributed by atoms with Crippen molar-refractivity contribution in [3.8, 4) is 5.75 Å². The zero-order valence-corrected chi connectivity index (χ0v) is 10.0. The maximum absolute atomic E-state index is 11.8. The van der Waals surface area contributed by atoms with Gasteiger partial charge in [0.05, 0.1) is 6.61 Å². The molecule has 17 heavy (non-hydrogen) atoms. The minimum atomic E-state index is -0.0220. The van der Waals surface area contributed by atoms with Crippen molar-refractivity contribution in [2.24, 2.45) is 0 Å². The molecule has 1 saturated heterocycles. The molecule has 1 aromatic carbocycles. The number of carbonyl (C=O) groups excluding carboxylic acids is 1. The second-order valence-electron chi connectivity index (χ2n) is 4.15. The van der Waals surface area contributed by atoms with E-state index < -0.39 is 0 Å². The molecule has 1 fully saturated rings. The maximum atomic E-state index is 11.8. The van der Waals surface area contributed by atoms with Gasteiger partial charge >= 0.3 is 0 Å². The fraction of sp³-hybridized carbons (Fsp3) is 0.462.